The molecule has 19 heavy (non-hydrogen) atoms. The molecule has 0 aliphatic heterocycles. The van der Waals surface area contributed by atoms with Gasteiger partial charge in [0.25, 0.3) is 0 Å². The molecule has 0 aliphatic carbocycles. The van der Waals surface area contributed by atoms with Crippen LogP contribution in [0.5, 0.6) is 0 Å². The van der Waals surface area contributed by atoms with Gasteiger partial charge in [0.15, 0.2) is 0 Å². The van der Waals surface area contributed by atoms with Crippen LogP contribution in [0.15, 0.2) is 47.2 Å². The smallest absolute Gasteiger partial charge is 0.245 e. The summed E-state index contributed by atoms with van der Waals surface area (Å²) in [6.07, 6.45) is 3.45. The minimum Gasteiger partial charge on any atom is -0.348 e. The van der Waals surface area contributed by atoms with E-state index in [1.807, 2.05) is 44.2 Å². The van der Waals surface area contributed by atoms with Gasteiger partial charge in [-0.1, -0.05) is 28.1 Å². The molecule has 2 unspecified atom stereocenters. The Labute approximate surface area is 120 Å². The maximum Gasteiger partial charge on any atom is 0.245 e. The van der Waals surface area contributed by atoms with E-state index in [-0.39, 0.29) is 18.0 Å². The van der Waals surface area contributed by atoms with Gasteiger partial charge >= 0.3 is 0 Å². The molecular formula is C14H16BrN3O. The molecule has 0 saturated heterocycles. The van der Waals surface area contributed by atoms with E-state index in [2.05, 4.69) is 26.3 Å². The molecule has 2 atom stereocenters. The van der Waals surface area contributed by atoms with Crippen molar-refractivity contribution in [3.05, 3.63) is 52.8 Å². The second-order valence-electron chi connectivity index (χ2n) is 4.45. The maximum atomic E-state index is 12.1. The normalized spacial score (nSPS) is 13.8. The fraction of sp³-hybridized carbons (Fsp3) is 0.286. The first-order valence-electron chi connectivity index (χ1n) is 6.13. The maximum absolute atomic E-state index is 12.1. The van der Waals surface area contributed by atoms with Gasteiger partial charge in [0.2, 0.25) is 5.91 Å². The second-order valence-corrected chi connectivity index (χ2v) is 5.36. The number of halogens is 1. The van der Waals surface area contributed by atoms with Gasteiger partial charge in [0.05, 0.1) is 6.04 Å². The lowest BCUT2D eigenvalue weighted by molar-refractivity contribution is -0.124. The van der Waals surface area contributed by atoms with Crippen molar-refractivity contribution in [2.45, 2.75) is 25.9 Å². The SMILES string of the molecule is CC(NC(=O)C(C)n1cccn1)c1cccc(Br)c1. The summed E-state index contributed by atoms with van der Waals surface area (Å²) in [6, 6.07) is 9.37. The van der Waals surface area contributed by atoms with E-state index in [0.29, 0.717) is 0 Å². The van der Waals surface area contributed by atoms with Crippen molar-refractivity contribution >= 4 is 21.8 Å². The summed E-state index contributed by atoms with van der Waals surface area (Å²) in [6.45, 7) is 3.80. The summed E-state index contributed by atoms with van der Waals surface area (Å²) in [4.78, 5) is 12.1. The van der Waals surface area contributed by atoms with Crippen molar-refractivity contribution in [3.8, 4) is 0 Å². The van der Waals surface area contributed by atoms with Crippen LogP contribution in [0, 0.1) is 0 Å². The zero-order valence-corrected chi connectivity index (χ0v) is 12.5. The van der Waals surface area contributed by atoms with E-state index >= 15 is 0 Å². The Balaban J connectivity index is 2.03. The van der Waals surface area contributed by atoms with Crippen LogP contribution in [0.2, 0.25) is 0 Å². The summed E-state index contributed by atoms with van der Waals surface area (Å²) < 4.78 is 2.65. The number of benzene rings is 1. The summed E-state index contributed by atoms with van der Waals surface area (Å²) in [7, 11) is 0. The molecule has 0 bridgehead atoms. The molecule has 0 spiro atoms. The number of hydrogen-bond acceptors (Lipinski definition) is 2. The van der Waals surface area contributed by atoms with Crippen molar-refractivity contribution < 1.29 is 4.79 Å². The Morgan fingerprint density at radius 2 is 2.16 bits per heavy atom. The molecule has 2 rings (SSSR count). The Morgan fingerprint density at radius 3 is 2.79 bits per heavy atom. The highest BCUT2D eigenvalue weighted by Gasteiger charge is 2.17. The topological polar surface area (TPSA) is 46.9 Å². The van der Waals surface area contributed by atoms with E-state index < -0.39 is 0 Å². The second kappa shape index (κ2) is 6.02. The number of hydrogen-bond donors (Lipinski definition) is 1. The highest BCUT2D eigenvalue weighted by atomic mass is 79.9. The standard InChI is InChI=1S/C14H16BrN3O/c1-10(12-5-3-6-13(15)9-12)17-14(19)11(2)18-8-4-7-16-18/h3-11H,1-2H3,(H,17,19). The van der Waals surface area contributed by atoms with Gasteiger partial charge in [-0.05, 0) is 37.6 Å². The molecule has 0 fully saturated rings. The minimum absolute atomic E-state index is 0.0389. The zero-order chi connectivity index (χ0) is 13.8. The van der Waals surface area contributed by atoms with Crippen LogP contribution in [-0.2, 0) is 4.79 Å². The van der Waals surface area contributed by atoms with Crippen LogP contribution < -0.4 is 5.32 Å². The molecule has 100 valence electrons. The lowest BCUT2D eigenvalue weighted by atomic mass is 10.1. The molecule has 0 radical (unpaired) electrons. The van der Waals surface area contributed by atoms with E-state index in [9.17, 15) is 4.79 Å². The molecule has 5 heteroatoms. The Kier molecular flexibility index (Phi) is 4.37. The highest BCUT2D eigenvalue weighted by molar-refractivity contribution is 9.10. The number of nitrogens with one attached hydrogen (secondary N) is 1. The predicted molar refractivity (Wildman–Crippen MR) is 77.6 cm³/mol. The fourth-order valence-electron chi connectivity index (χ4n) is 1.82. The molecule has 1 aromatic carbocycles. The molecule has 1 amide bonds. The highest BCUT2D eigenvalue weighted by Crippen LogP contribution is 2.18. The van der Waals surface area contributed by atoms with Gasteiger partial charge in [0.1, 0.15) is 6.04 Å². The fourth-order valence-corrected chi connectivity index (χ4v) is 2.24. The third-order valence-electron chi connectivity index (χ3n) is 3.01. The molecule has 4 nitrogen and oxygen atoms in total. The largest absolute Gasteiger partial charge is 0.348 e. The van der Waals surface area contributed by atoms with E-state index in [1.54, 1.807) is 17.1 Å². The molecule has 1 N–H and O–H groups in total. The predicted octanol–water partition coefficient (Wildman–Crippen LogP) is 3.08. The van der Waals surface area contributed by atoms with Crippen LogP contribution >= 0.6 is 15.9 Å². The van der Waals surface area contributed by atoms with E-state index in [4.69, 9.17) is 0 Å². The number of carbonyl (C=O) groups is 1. The average Bonchev–Trinajstić information content (AvgIpc) is 2.91. The number of carbonyl (C=O) groups excluding carboxylic acids is 1. The summed E-state index contributed by atoms with van der Waals surface area (Å²) in [5, 5.41) is 7.07. The number of aromatic nitrogens is 2. The van der Waals surface area contributed by atoms with Crippen LogP contribution in [-0.4, -0.2) is 15.7 Å². The Hall–Kier alpha value is -1.62. The third-order valence-corrected chi connectivity index (χ3v) is 3.50. The molecule has 0 aliphatic rings. The van der Waals surface area contributed by atoms with Crippen molar-refractivity contribution in [1.29, 1.82) is 0 Å². The van der Waals surface area contributed by atoms with E-state index in [0.717, 1.165) is 10.0 Å². The van der Waals surface area contributed by atoms with Gasteiger partial charge < -0.3 is 5.32 Å². The molecule has 0 saturated carbocycles. The Bertz CT molecular complexity index is 554. The van der Waals surface area contributed by atoms with Crippen LogP contribution in [0.4, 0.5) is 0 Å². The lowest BCUT2D eigenvalue weighted by Gasteiger charge is -2.18. The van der Waals surface area contributed by atoms with Gasteiger partial charge in [-0.25, -0.2) is 0 Å². The monoisotopic (exact) mass is 321 g/mol. The van der Waals surface area contributed by atoms with Crippen molar-refractivity contribution in [2.75, 3.05) is 0 Å². The van der Waals surface area contributed by atoms with Crippen molar-refractivity contribution in [2.24, 2.45) is 0 Å². The van der Waals surface area contributed by atoms with Crippen LogP contribution in [0.3, 0.4) is 0 Å². The molecule has 1 aromatic heterocycles. The minimum atomic E-state index is -0.315. The lowest BCUT2D eigenvalue weighted by Crippen LogP contribution is -2.33. The number of rotatable bonds is 4. The Morgan fingerprint density at radius 1 is 1.37 bits per heavy atom. The summed E-state index contributed by atoms with van der Waals surface area (Å²) >= 11 is 3.43. The first-order valence-corrected chi connectivity index (χ1v) is 6.92. The number of amides is 1. The average molecular weight is 322 g/mol. The van der Waals surface area contributed by atoms with Crippen LogP contribution in [0.1, 0.15) is 31.5 Å². The molecule has 1 heterocycles. The molecule has 2 aromatic rings. The summed E-state index contributed by atoms with van der Waals surface area (Å²) in [5.41, 5.74) is 1.07. The van der Waals surface area contributed by atoms with Gasteiger partial charge in [-0.15, -0.1) is 0 Å². The quantitative estimate of drug-likeness (QED) is 0.940. The first-order chi connectivity index (χ1) is 9.08. The first kappa shape index (κ1) is 13.8. The third kappa shape index (κ3) is 3.44. The van der Waals surface area contributed by atoms with Gasteiger partial charge in [0, 0.05) is 16.9 Å². The van der Waals surface area contributed by atoms with Crippen molar-refractivity contribution in [1.82, 2.24) is 15.1 Å². The summed E-state index contributed by atoms with van der Waals surface area (Å²) in [5.74, 6) is -0.0452. The zero-order valence-electron chi connectivity index (χ0n) is 10.9. The van der Waals surface area contributed by atoms with Gasteiger partial charge in [-0.2, -0.15) is 5.10 Å². The van der Waals surface area contributed by atoms with Crippen LogP contribution in [0.25, 0.3) is 0 Å². The molecular weight excluding hydrogens is 306 g/mol. The van der Waals surface area contributed by atoms with Crippen molar-refractivity contribution in [3.63, 3.8) is 0 Å². The van der Waals surface area contributed by atoms with Gasteiger partial charge in [-0.3, -0.25) is 9.48 Å². The van der Waals surface area contributed by atoms with E-state index in [1.165, 1.54) is 0 Å². The number of nitrogens with zero attached hydrogens (tertiary/aromatic N) is 2.